The second-order valence-corrected chi connectivity index (χ2v) is 9.58. The van der Waals surface area contributed by atoms with Gasteiger partial charge in [-0.2, -0.15) is 4.52 Å². The molecule has 0 bridgehead atoms. The van der Waals surface area contributed by atoms with Gasteiger partial charge in [-0.25, -0.2) is 15.0 Å². The summed E-state index contributed by atoms with van der Waals surface area (Å²) in [4.78, 5) is 30.5. The van der Waals surface area contributed by atoms with Crippen molar-refractivity contribution in [1.29, 1.82) is 0 Å². The number of hydrogen-bond acceptors (Lipinski definition) is 8. The molecule has 4 aromatic heterocycles. The molecule has 194 valence electrons. The first-order valence-electron chi connectivity index (χ1n) is 13.1. The smallest absolute Gasteiger partial charge is 0.258 e. The van der Waals surface area contributed by atoms with E-state index in [4.69, 9.17) is 10.1 Å². The molecule has 11 heteroatoms. The third-order valence-electron chi connectivity index (χ3n) is 7.19. The molecule has 0 saturated carbocycles. The summed E-state index contributed by atoms with van der Waals surface area (Å²) >= 11 is 0. The topological polar surface area (TPSA) is 110 Å². The Hall–Kier alpha value is -4.93. The fourth-order valence-corrected chi connectivity index (χ4v) is 5.21. The van der Waals surface area contributed by atoms with Crippen LogP contribution in [0.2, 0.25) is 0 Å². The highest BCUT2D eigenvalue weighted by Crippen LogP contribution is 2.25. The Bertz CT molecular complexity index is 1770. The summed E-state index contributed by atoms with van der Waals surface area (Å²) in [6.07, 6.45) is 5.25. The molecular formula is C28H26N10O. The van der Waals surface area contributed by atoms with Crippen molar-refractivity contribution in [2.45, 2.75) is 19.3 Å². The van der Waals surface area contributed by atoms with Gasteiger partial charge in [0.05, 0.1) is 5.52 Å². The Balaban J connectivity index is 1.10. The van der Waals surface area contributed by atoms with E-state index in [1.165, 1.54) is 0 Å². The molecule has 1 amide bonds. The van der Waals surface area contributed by atoms with E-state index < -0.39 is 0 Å². The third kappa shape index (κ3) is 4.21. The quantitative estimate of drug-likeness (QED) is 0.331. The molecule has 0 aliphatic carbocycles. The molecule has 1 aliphatic rings. The molecule has 0 atom stereocenters. The zero-order valence-corrected chi connectivity index (χ0v) is 21.3. The van der Waals surface area contributed by atoms with Gasteiger partial charge in [-0.3, -0.25) is 9.20 Å². The van der Waals surface area contributed by atoms with Gasteiger partial charge >= 0.3 is 0 Å². The van der Waals surface area contributed by atoms with E-state index in [-0.39, 0.29) is 5.91 Å². The molecule has 11 nitrogen and oxygen atoms in total. The van der Waals surface area contributed by atoms with Gasteiger partial charge in [0.1, 0.15) is 5.82 Å². The molecule has 5 heterocycles. The van der Waals surface area contributed by atoms with Gasteiger partial charge in [0.15, 0.2) is 11.5 Å². The third-order valence-corrected chi connectivity index (χ3v) is 7.19. The number of carbonyl (C=O) groups is 1. The highest BCUT2D eigenvalue weighted by Gasteiger charge is 2.23. The molecule has 0 spiro atoms. The van der Waals surface area contributed by atoms with E-state index in [2.05, 4.69) is 25.1 Å². The number of anilines is 1. The molecule has 0 radical (unpaired) electrons. The lowest BCUT2D eigenvalue weighted by molar-refractivity contribution is -0.131. The van der Waals surface area contributed by atoms with Crippen LogP contribution in [-0.4, -0.2) is 76.2 Å². The Morgan fingerprint density at radius 2 is 1.62 bits per heavy atom. The van der Waals surface area contributed by atoms with E-state index in [0.29, 0.717) is 49.9 Å². The monoisotopic (exact) mass is 518 g/mol. The van der Waals surface area contributed by atoms with Crippen molar-refractivity contribution in [3.05, 3.63) is 78.9 Å². The minimum atomic E-state index is 0.161. The molecular weight excluding hydrogens is 492 g/mol. The maximum atomic E-state index is 13.0. The lowest BCUT2D eigenvalue weighted by Crippen LogP contribution is -2.49. The lowest BCUT2D eigenvalue weighted by atomic mass is 10.2. The van der Waals surface area contributed by atoms with Crippen molar-refractivity contribution in [2.24, 2.45) is 0 Å². The molecule has 1 aliphatic heterocycles. The number of fused-ring (bicyclic) bond motifs is 6. The van der Waals surface area contributed by atoms with Crippen molar-refractivity contribution in [1.82, 2.24) is 44.1 Å². The normalized spacial score (nSPS) is 14.1. The van der Waals surface area contributed by atoms with Crippen LogP contribution in [-0.2, 0) is 11.2 Å². The Labute approximate surface area is 223 Å². The first-order chi connectivity index (χ1) is 19.3. The van der Waals surface area contributed by atoms with Crippen molar-refractivity contribution < 1.29 is 4.79 Å². The number of nitrogens with zero attached hydrogens (tertiary/aromatic N) is 10. The molecule has 6 aromatic rings. The number of piperazine rings is 1. The minimum Gasteiger partial charge on any atom is -0.339 e. The number of rotatable bonds is 6. The van der Waals surface area contributed by atoms with Crippen LogP contribution in [0.15, 0.2) is 73.1 Å². The Morgan fingerprint density at radius 1 is 0.846 bits per heavy atom. The molecule has 7 rings (SSSR count). The van der Waals surface area contributed by atoms with E-state index in [1.54, 1.807) is 23.0 Å². The summed E-state index contributed by atoms with van der Waals surface area (Å²) < 4.78 is 3.80. The summed E-state index contributed by atoms with van der Waals surface area (Å²) in [6.45, 7) is 2.80. The number of benzene rings is 2. The zero-order valence-electron chi connectivity index (χ0n) is 21.3. The lowest BCUT2D eigenvalue weighted by Gasteiger charge is -2.34. The molecule has 1 fully saturated rings. The summed E-state index contributed by atoms with van der Waals surface area (Å²) in [5.41, 5.74) is 2.66. The fraction of sp³-hybridized carbons (Fsp3) is 0.250. The standard InChI is InChI=1S/C28H26N10O/c39-24(35-16-18-36(19-17-35)27-29-14-7-15-30-27)13-6-12-23-32-33-28-37(23)22-11-5-4-10-21(22)26-31-25(34-38(26)28)20-8-2-1-3-9-20/h1-5,7-11,14-15H,6,12-13,16-19H2. The largest absolute Gasteiger partial charge is 0.339 e. The number of hydrogen-bond donors (Lipinski definition) is 0. The summed E-state index contributed by atoms with van der Waals surface area (Å²) in [6, 6.07) is 19.8. The van der Waals surface area contributed by atoms with Gasteiger partial charge in [0.25, 0.3) is 5.78 Å². The van der Waals surface area contributed by atoms with Crippen LogP contribution in [0.1, 0.15) is 18.7 Å². The van der Waals surface area contributed by atoms with Crippen LogP contribution in [0.25, 0.3) is 33.7 Å². The van der Waals surface area contributed by atoms with Gasteiger partial charge in [0, 0.05) is 62.4 Å². The van der Waals surface area contributed by atoms with Crippen LogP contribution in [0.3, 0.4) is 0 Å². The number of para-hydroxylation sites is 1. The van der Waals surface area contributed by atoms with E-state index in [1.807, 2.05) is 63.9 Å². The first-order valence-corrected chi connectivity index (χ1v) is 13.1. The summed E-state index contributed by atoms with van der Waals surface area (Å²) in [5.74, 6) is 2.93. The number of amides is 1. The van der Waals surface area contributed by atoms with Crippen LogP contribution >= 0.6 is 0 Å². The fourth-order valence-electron chi connectivity index (χ4n) is 5.21. The van der Waals surface area contributed by atoms with E-state index in [0.717, 1.165) is 41.0 Å². The average Bonchev–Trinajstić information content (AvgIpc) is 3.64. The van der Waals surface area contributed by atoms with E-state index in [9.17, 15) is 4.79 Å². The SMILES string of the molecule is O=C(CCCc1nnc2n3nc(-c4ccccc4)nc3c3ccccc3n12)N1CCN(c2ncccn2)CC1. The van der Waals surface area contributed by atoms with E-state index >= 15 is 0 Å². The molecule has 39 heavy (non-hydrogen) atoms. The summed E-state index contributed by atoms with van der Waals surface area (Å²) in [5, 5.41) is 14.7. The number of carbonyl (C=O) groups excluding carboxylic acids is 1. The minimum absolute atomic E-state index is 0.161. The van der Waals surface area contributed by atoms with Crippen molar-refractivity contribution >= 4 is 34.2 Å². The van der Waals surface area contributed by atoms with Gasteiger partial charge in [-0.15, -0.1) is 15.3 Å². The number of aromatic nitrogens is 8. The van der Waals surface area contributed by atoms with Gasteiger partial charge in [-0.05, 0) is 24.6 Å². The molecule has 1 saturated heterocycles. The van der Waals surface area contributed by atoms with Crippen molar-refractivity contribution in [3.8, 4) is 11.4 Å². The van der Waals surface area contributed by atoms with Crippen LogP contribution in [0.5, 0.6) is 0 Å². The molecule has 0 unspecified atom stereocenters. The summed E-state index contributed by atoms with van der Waals surface area (Å²) in [7, 11) is 0. The van der Waals surface area contributed by atoms with Crippen LogP contribution in [0.4, 0.5) is 5.95 Å². The number of aryl methyl sites for hydroxylation is 1. The van der Waals surface area contributed by atoms with Crippen molar-refractivity contribution in [2.75, 3.05) is 31.1 Å². The predicted molar refractivity (Wildman–Crippen MR) is 146 cm³/mol. The van der Waals surface area contributed by atoms with Gasteiger partial charge < -0.3 is 9.80 Å². The zero-order chi connectivity index (χ0) is 26.2. The second-order valence-electron chi connectivity index (χ2n) is 9.58. The maximum absolute atomic E-state index is 13.0. The average molecular weight is 519 g/mol. The molecule has 0 N–H and O–H groups in total. The van der Waals surface area contributed by atoms with Gasteiger partial charge in [0.2, 0.25) is 11.9 Å². The maximum Gasteiger partial charge on any atom is 0.258 e. The highest BCUT2D eigenvalue weighted by atomic mass is 16.2. The Morgan fingerprint density at radius 3 is 2.44 bits per heavy atom. The van der Waals surface area contributed by atoms with Gasteiger partial charge in [-0.1, -0.05) is 42.5 Å². The predicted octanol–water partition coefficient (Wildman–Crippen LogP) is 3.05. The highest BCUT2D eigenvalue weighted by molar-refractivity contribution is 5.94. The van der Waals surface area contributed by atoms with Crippen LogP contribution in [0, 0.1) is 0 Å². The second kappa shape index (κ2) is 9.75. The van der Waals surface area contributed by atoms with Crippen LogP contribution < -0.4 is 4.90 Å². The Kier molecular flexibility index (Phi) is 5.80. The first kappa shape index (κ1) is 23.2. The molecule has 2 aromatic carbocycles. The van der Waals surface area contributed by atoms with Crippen molar-refractivity contribution in [3.63, 3.8) is 0 Å².